The number of hydrazine groups is 1. The summed E-state index contributed by atoms with van der Waals surface area (Å²) in [6, 6.07) is 2.59. The predicted molar refractivity (Wildman–Crippen MR) is 56.3 cm³/mol. The van der Waals surface area contributed by atoms with E-state index in [2.05, 4.69) is 4.98 Å². The third-order valence-electron chi connectivity index (χ3n) is 2.08. The van der Waals surface area contributed by atoms with E-state index in [-0.39, 0.29) is 5.52 Å². The third kappa shape index (κ3) is 2.08. The number of amides is 1. The molecule has 2 heterocycles. The van der Waals surface area contributed by atoms with Crippen LogP contribution in [0.5, 0.6) is 0 Å². The second-order valence-electron chi connectivity index (χ2n) is 3.16. The first-order valence-electron chi connectivity index (χ1n) is 4.40. The van der Waals surface area contributed by atoms with Gasteiger partial charge >= 0.3 is 6.18 Å². The lowest BCUT2D eigenvalue weighted by Gasteiger charge is -2.10. The van der Waals surface area contributed by atoms with Crippen LogP contribution >= 0.6 is 11.3 Å². The largest absolute Gasteiger partial charge is 0.434 e. The molecule has 0 bridgehead atoms. The normalized spacial score (nSPS) is 11.8. The molecule has 2 aromatic rings. The Morgan fingerprint density at radius 1 is 1.47 bits per heavy atom. The summed E-state index contributed by atoms with van der Waals surface area (Å²) < 4.78 is 38.6. The molecule has 90 valence electrons. The molecular formula is C9H6F3N3OS. The Balaban J connectivity index is 2.72. The number of hydrogen-bond donors (Lipinski definition) is 2. The van der Waals surface area contributed by atoms with Crippen LogP contribution in [-0.2, 0) is 6.18 Å². The van der Waals surface area contributed by atoms with Gasteiger partial charge in [-0.1, -0.05) is 0 Å². The Bertz CT molecular complexity index is 578. The SMILES string of the molecule is NNC(=O)c1cc2sccc2nc1C(F)(F)F. The van der Waals surface area contributed by atoms with E-state index in [4.69, 9.17) is 5.84 Å². The zero-order valence-corrected chi connectivity index (χ0v) is 9.02. The maximum absolute atomic E-state index is 12.7. The summed E-state index contributed by atoms with van der Waals surface area (Å²) in [5.74, 6) is 3.83. The van der Waals surface area contributed by atoms with Crippen LogP contribution in [0.15, 0.2) is 17.5 Å². The summed E-state index contributed by atoms with van der Waals surface area (Å²) >= 11 is 1.20. The van der Waals surface area contributed by atoms with E-state index >= 15 is 0 Å². The van der Waals surface area contributed by atoms with Crippen molar-refractivity contribution in [3.63, 3.8) is 0 Å². The summed E-state index contributed by atoms with van der Waals surface area (Å²) in [4.78, 5) is 14.7. The zero-order valence-electron chi connectivity index (χ0n) is 8.21. The average molecular weight is 261 g/mol. The fraction of sp³-hybridized carbons (Fsp3) is 0.111. The number of nitrogens with zero attached hydrogens (tertiary/aromatic N) is 1. The van der Waals surface area contributed by atoms with Gasteiger partial charge in [-0.3, -0.25) is 10.2 Å². The van der Waals surface area contributed by atoms with E-state index in [1.807, 2.05) is 0 Å². The van der Waals surface area contributed by atoms with Crippen LogP contribution in [0.3, 0.4) is 0 Å². The number of pyridine rings is 1. The molecule has 0 spiro atoms. The van der Waals surface area contributed by atoms with Crippen molar-refractivity contribution in [2.24, 2.45) is 5.84 Å². The van der Waals surface area contributed by atoms with E-state index < -0.39 is 23.3 Å². The topological polar surface area (TPSA) is 68.0 Å². The highest BCUT2D eigenvalue weighted by atomic mass is 32.1. The summed E-state index contributed by atoms with van der Waals surface area (Å²) in [5, 5.41) is 1.60. The minimum Gasteiger partial charge on any atom is -0.290 e. The monoisotopic (exact) mass is 261 g/mol. The number of nitrogens with one attached hydrogen (secondary N) is 1. The molecule has 0 fully saturated rings. The number of nitrogens with two attached hydrogens (primary N) is 1. The molecule has 2 rings (SSSR count). The quantitative estimate of drug-likeness (QED) is 0.468. The number of alkyl halides is 3. The van der Waals surface area contributed by atoms with Crippen molar-refractivity contribution in [3.8, 4) is 0 Å². The molecule has 0 saturated heterocycles. The summed E-state index contributed by atoms with van der Waals surface area (Å²) in [7, 11) is 0. The highest BCUT2D eigenvalue weighted by Gasteiger charge is 2.37. The van der Waals surface area contributed by atoms with Gasteiger partial charge in [-0.25, -0.2) is 10.8 Å². The summed E-state index contributed by atoms with van der Waals surface area (Å²) in [5.41, 5.74) is 0.0765. The van der Waals surface area contributed by atoms with Crippen LogP contribution in [0.4, 0.5) is 13.2 Å². The lowest BCUT2D eigenvalue weighted by molar-refractivity contribution is -0.141. The minimum absolute atomic E-state index is 0.205. The fourth-order valence-corrected chi connectivity index (χ4v) is 2.13. The first-order valence-corrected chi connectivity index (χ1v) is 5.28. The van der Waals surface area contributed by atoms with Gasteiger partial charge < -0.3 is 0 Å². The fourth-order valence-electron chi connectivity index (χ4n) is 1.36. The molecule has 0 saturated carbocycles. The van der Waals surface area contributed by atoms with Crippen molar-refractivity contribution in [1.82, 2.24) is 10.4 Å². The van der Waals surface area contributed by atoms with Gasteiger partial charge in [-0.05, 0) is 17.5 Å². The molecule has 17 heavy (non-hydrogen) atoms. The molecule has 4 nitrogen and oxygen atoms in total. The second kappa shape index (κ2) is 3.97. The van der Waals surface area contributed by atoms with Gasteiger partial charge in [-0.15, -0.1) is 11.3 Å². The third-order valence-corrected chi connectivity index (χ3v) is 2.93. The Morgan fingerprint density at radius 2 is 2.18 bits per heavy atom. The highest BCUT2D eigenvalue weighted by Crippen LogP contribution is 2.33. The molecule has 3 N–H and O–H groups in total. The number of nitrogen functional groups attached to an aromatic ring is 1. The number of fused-ring (bicyclic) bond motifs is 1. The highest BCUT2D eigenvalue weighted by molar-refractivity contribution is 7.17. The maximum atomic E-state index is 12.7. The van der Waals surface area contributed by atoms with Gasteiger partial charge in [0.2, 0.25) is 0 Å². The molecule has 0 aliphatic heterocycles. The Labute approximate surface area is 97.2 Å². The smallest absolute Gasteiger partial charge is 0.290 e. The number of halogens is 3. The number of rotatable bonds is 1. The first kappa shape index (κ1) is 11.8. The van der Waals surface area contributed by atoms with Gasteiger partial charge in [0.15, 0.2) is 5.69 Å². The standard InChI is InChI=1S/C9H6F3N3OS/c10-9(11,12)7-4(8(16)15-13)3-6-5(14-7)1-2-17-6/h1-3H,13H2,(H,15,16). The van der Waals surface area contributed by atoms with Gasteiger partial charge in [-0.2, -0.15) is 13.2 Å². The van der Waals surface area contributed by atoms with Gasteiger partial charge in [0, 0.05) is 0 Å². The summed E-state index contributed by atoms with van der Waals surface area (Å²) in [6.45, 7) is 0. The van der Waals surface area contributed by atoms with E-state index in [0.29, 0.717) is 4.70 Å². The van der Waals surface area contributed by atoms with Crippen molar-refractivity contribution in [2.75, 3.05) is 0 Å². The van der Waals surface area contributed by atoms with E-state index in [1.165, 1.54) is 17.4 Å². The van der Waals surface area contributed by atoms with E-state index in [0.717, 1.165) is 6.07 Å². The predicted octanol–water partition coefficient (Wildman–Crippen LogP) is 1.92. The number of carbonyl (C=O) groups excluding carboxylic acids is 1. The van der Waals surface area contributed by atoms with Crippen molar-refractivity contribution in [3.05, 3.63) is 28.8 Å². The molecule has 2 aromatic heterocycles. The number of hydrogen-bond acceptors (Lipinski definition) is 4. The molecule has 8 heteroatoms. The van der Waals surface area contributed by atoms with Gasteiger partial charge in [0.05, 0.1) is 15.8 Å². The Hall–Kier alpha value is -1.67. The maximum Gasteiger partial charge on any atom is 0.434 e. The van der Waals surface area contributed by atoms with Crippen molar-refractivity contribution in [1.29, 1.82) is 0 Å². The molecule has 1 amide bonds. The van der Waals surface area contributed by atoms with Crippen LogP contribution in [-0.4, -0.2) is 10.9 Å². The van der Waals surface area contributed by atoms with Gasteiger partial charge in [0.25, 0.3) is 5.91 Å². The average Bonchev–Trinajstić information content (AvgIpc) is 2.72. The van der Waals surface area contributed by atoms with E-state index in [9.17, 15) is 18.0 Å². The molecule has 0 aliphatic rings. The van der Waals surface area contributed by atoms with E-state index in [1.54, 1.807) is 10.8 Å². The second-order valence-corrected chi connectivity index (χ2v) is 4.11. The summed E-state index contributed by atoms with van der Waals surface area (Å²) in [6.07, 6.45) is -4.70. The van der Waals surface area contributed by atoms with Crippen LogP contribution in [0.1, 0.15) is 16.1 Å². The van der Waals surface area contributed by atoms with Crippen LogP contribution in [0, 0.1) is 0 Å². The number of thiophene rings is 1. The van der Waals surface area contributed by atoms with Crippen LogP contribution < -0.4 is 11.3 Å². The lowest BCUT2D eigenvalue weighted by atomic mass is 10.1. The lowest BCUT2D eigenvalue weighted by Crippen LogP contribution is -2.32. The van der Waals surface area contributed by atoms with Gasteiger partial charge in [0.1, 0.15) is 0 Å². The molecule has 0 aliphatic carbocycles. The molecule has 0 radical (unpaired) electrons. The van der Waals surface area contributed by atoms with Crippen molar-refractivity contribution >= 4 is 27.5 Å². The Kier molecular flexibility index (Phi) is 2.76. The van der Waals surface area contributed by atoms with Crippen LogP contribution in [0.25, 0.3) is 10.2 Å². The Morgan fingerprint density at radius 3 is 2.76 bits per heavy atom. The van der Waals surface area contributed by atoms with Crippen molar-refractivity contribution < 1.29 is 18.0 Å². The zero-order chi connectivity index (χ0) is 12.6. The molecular weight excluding hydrogens is 255 g/mol. The minimum atomic E-state index is -4.70. The number of carbonyl (C=O) groups is 1. The molecule has 0 unspecified atom stereocenters. The van der Waals surface area contributed by atoms with Crippen molar-refractivity contribution in [2.45, 2.75) is 6.18 Å². The first-order chi connectivity index (χ1) is 7.93. The molecule has 0 atom stereocenters. The number of aromatic nitrogens is 1. The molecule has 0 aromatic carbocycles. The van der Waals surface area contributed by atoms with Crippen LogP contribution in [0.2, 0.25) is 0 Å².